The molecule has 1 aliphatic rings. The average molecular weight is 319 g/mol. The largest absolute Gasteiger partial charge is 0.378 e. The number of hydrogen-bond acceptors (Lipinski definition) is 2. The van der Waals surface area contributed by atoms with Gasteiger partial charge in [-0.2, -0.15) is 0 Å². The van der Waals surface area contributed by atoms with Crippen LogP contribution in [0, 0.1) is 0 Å². The van der Waals surface area contributed by atoms with Crippen molar-refractivity contribution in [3.05, 3.63) is 29.0 Å². The molecule has 17 heavy (non-hydrogen) atoms. The maximum atomic E-state index is 6.09. The molecule has 2 unspecified atom stereocenters. The fraction of sp³-hybridized carbons (Fsp3) is 0.615. The Labute approximate surface area is 116 Å². The van der Waals surface area contributed by atoms with Crippen LogP contribution in [-0.2, 0) is 11.2 Å². The van der Waals surface area contributed by atoms with Crippen LogP contribution in [0.25, 0.3) is 0 Å². The monoisotopic (exact) mass is 317 g/mol. The Balaban J connectivity index is 1.76. The minimum atomic E-state index is 0.464. The highest BCUT2D eigenvalue weighted by Gasteiger charge is 2.17. The lowest BCUT2D eigenvalue weighted by atomic mass is 10.0. The highest BCUT2D eigenvalue weighted by atomic mass is 79.9. The molecule has 0 N–H and O–H groups in total. The van der Waals surface area contributed by atoms with Gasteiger partial charge in [0, 0.05) is 23.8 Å². The number of hydrogen-bond donors (Lipinski definition) is 0. The van der Waals surface area contributed by atoms with Gasteiger partial charge in [-0.1, -0.05) is 27.5 Å². The molecule has 2 nitrogen and oxygen atoms in total. The Morgan fingerprint density at radius 3 is 3.18 bits per heavy atom. The molecular formula is C13H17BrClNO. The van der Waals surface area contributed by atoms with Gasteiger partial charge in [0.05, 0.1) is 11.1 Å². The summed E-state index contributed by atoms with van der Waals surface area (Å²) in [6, 6.07) is 1.99. The Hall–Kier alpha value is -0.120. The zero-order chi connectivity index (χ0) is 12.1. The van der Waals surface area contributed by atoms with E-state index in [1.165, 1.54) is 12.8 Å². The number of alkyl halides is 1. The smallest absolute Gasteiger partial charge is 0.0621 e. The van der Waals surface area contributed by atoms with Crippen LogP contribution in [-0.4, -0.2) is 22.5 Å². The lowest BCUT2D eigenvalue weighted by molar-refractivity contribution is 0.102. The zero-order valence-corrected chi connectivity index (χ0v) is 12.1. The van der Waals surface area contributed by atoms with E-state index in [0.717, 1.165) is 36.5 Å². The molecule has 0 amide bonds. The lowest BCUT2D eigenvalue weighted by Gasteiger charge is -2.13. The molecular weight excluding hydrogens is 302 g/mol. The predicted molar refractivity (Wildman–Crippen MR) is 73.9 cm³/mol. The van der Waals surface area contributed by atoms with E-state index in [1.807, 2.05) is 6.07 Å². The van der Waals surface area contributed by atoms with Crippen LogP contribution in [0.1, 0.15) is 31.2 Å². The lowest BCUT2D eigenvalue weighted by Crippen LogP contribution is -2.10. The summed E-state index contributed by atoms with van der Waals surface area (Å²) >= 11 is 9.81. The fourth-order valence-electron chi connectivity index (χ4n) is 2.15. The molecule has 2 rings (SSSR count). The predicted octanol–water partition coefficient (Wildman–Crippen LogP) is 4.00. The molecule has 0 aliphatic carbocycles. The second-order valence-electron chi connectivity index (χ2n) is 4.48. The summed E-state index contributed by atoms with van der Waals surface area (Å²) < 4.78 is 5.62. The van der Waals surface area contributed by atoms with Gasteiger partial charge < -0.3 is 4.74 Å². The molecule has 0 spiro atoms. The van der Waals surface area contributed by atoms with Crippen LogP contribution in [0.5, 0.6) is 0 Å². The fourth-order valence-corrected chi connectivity index (χ4v) is 2.96. The van der Waals surface area contributed by atoms with Gasteiger partial charge in [0.25, 0.3) is 0 Å². The average Bonchev–Trinajstić information content (AvgIpc) is 2.82. The standard InChI is InChI=1S/C13H17BrClNO/c14-11(3-4-12-2-1-7-17-12)8-10-5-6-16-9-13(10)15/h5-6,9,11-12H,1-4,7-8H2. The Morgan fingerprint density at radius 2 is 2.47 bits per heavy atom. The van der Waals surface area contributed by atoms with Crippen LogP contribution in [0.3, 0.4) is 0 Å². The van der Waals surface area contributed by atoms with Crippen LogP contribution < -0.4 is 0 Å². The molecule has 1 aromatic rings. The van der Waals surface area contributed by atoms with Crippen molar-refractivity contribution in [2.24, 2.45) is 0 Å². The van der Waals surface area contributed by atoms with Gasteiger partial charge >= 0.3 is 0 Å². The Kier molecular flexibility index (Phi) is 5.26. The van der Waals surface area contributed by atoms with Crippen molar-refractivity contribution in [3.63, 3.8) is 0 Å². The van der Waals surface area contributed by atoms with Crippen molar-refractivity contribution in [2.75, 3.05) is 6.61 Å². The molecule has 1 saturated heterocycles. The summed E-state index contributed by atoms with van der Waals surface area (Å²) in [5.41, 5.74) is 1.16. The van der Waals surface area contributed by atoms with E-state index in [4.69, 9.17) is 16.3 Å². The van der Waals surface area contributed by atoms with Crippen molar-refractivity contribution in [1.82, 2.24) is 4.98 Å². The van der Waals surface area contributed by atoms with Crippen LogP contribution in [0.2, 0.25) is 5.02 Å². The second-order valence-corrected chi connectivity index (χ2v) is 6.18. The number of halogens is 2. The molecule has 1 fully saturated rings. The molecule has 2 atom stereocenters. The second kappa shape index (κ2) is 6.72. The van der Waals surface area contributed by atoms with E-state index in [9.17, 15) is 0 Å². The van der Waals surface area contributed by atoms with Crippen LogP contribution >= 0.6 is 27.5 Å². The first-order valence-electron chi connectivity index (χ1n) is 6.10. The summed E-state index contributed by atoms with van der Waals surface area (Å²) in [5.74, 6) is 0. The first-order chi connectivity index (χ1) is 8.25. The van der Waals surface area contributed by atoms with Gasteiger partial charge in [-0.05, 0) is 43.7 Å². The number of nitrogens with zero attached hydrogens (tertiary/aromatic N) is 1. The van der Waals surface area contributed by atoms with E-state index in [2.05, 4.69) is 20.9 Å². The summed E-state index contributed by atoms with van der Waals surface area (Å²) in [7, 11) is 0. The molecule has 94 valence electrons. The van der Waals surface area contributed by atoms with E-state index >= 15 is 0 Å². The molecule has 2 heterocycles. The minimum absolute atomic E-state index is 0.464. The van der Waals surface area contributed by atoms with Gasteiger partial charge in [-0.25, -0.2) is 0 Å². The SMILES string of the molecule is Clc1cnccc1CC(Br)CCC1CCCO1. The summed E-state index contributed by atoms with van der Waals surface area (Å²) in [6.45, 7) is 0.938. The molecule has 0 radical (unpaired) electrons. The number of aromatic nitrogens is 1. The van der Waals surface area contributed by atoms with Gasteiger partial charge in [0.15, 0.2) is 0 Å². The van der Waals surface area contributed by atoms with Crippen LogP contribution in [0.4, 0.5) is 0 Å². The first kappa shape index (κ1) is 13.3. The highest BCUT2D eigenvalue weighted by molar-refractivity contribution is 9.09. The molecule has 0 bridgehead atoms. The maximum Gasteiger partial charge on any atom is 0.0621 e. The van der Waals surface area contributed by atoms with E-state index in [-0.39, 0.29) is 0 Å². The zero-order valence-electron chi connectivity index (χ0n) is 9.74. The summed E-state index contributed by atoms with van der Waals surface area (Å²) in [5, 5.41) is 0.758. The number of rotatable bonds is 5. The van der Waals surface area contributed by atoms with Crippen molar-refractivity contribution in [2.45, 2.75) is 43.0 Å². The Morgan fingerprint density at radius 1 is 1.59 bits per heavy atom. The van der Waals surface area contributed by atoms with Crippen molar-refractivity contribution in [1.29, 1.82) is 0 Å². The quantitative estimate of drug-likeness (QED) is 0.766. The van der Waals surface area contributed by atoms with Gasteiger partial charge in [0.2, 0.25) is 0 Å². The van der Waals surface area contributed by atoms with Crippen LogP contribution in [0.15, 0.2) is 18.5 Å². The van der Waals surface area contributed by atoms with Gasteiger partial charge in [0.1, 0.15) is 0 Å². The molecule has 4 heteroatoms. The highest BCUT2D eigenvalue weighted by Crippen LogP contribution is 2.24. The topological polar surface area (TPSA) is 22.1 Å². The molecule has 0 aromatic carbocycles. The Bertz CT molecular complexity index is 355. The minimum Gasteiger partial charge on any atom is -0.378 e. The van der Waals surface area contributed by atoms with Crippen molar-refractivity contribution >= 4 is 27.5 Å². The van der Waals surface area contributed by atoms with Gasteiger partial charge in [-0.3, -0.25) is 4.98 Å². The maximum absolute atomic E-state index is 6.09. The molecule has 1 aromatic heterocycles. The van der Waals surface area contributed by atoms with Crippen molar-refractivity contribution < 1.29 is 4.74 Å². The first-order valence-corrected chi connectivity index (χ1v) is 7.39. The molecule has 0 saturated carbocycles. The van der Waals surface area contributed by atoms with E-state index in [0.29, 0.717) is 10.9 Å². The third kappa shape index (κ3) is 4.23. The summed E-state index contributed by atoms with van der Waals surface area (Å²) in [4.78, 5) is 4.46. The third-order valence-corrected chi connectivity index (χ3v) is 4.25. The third-order valence-electron chi connectivity index (χ3n) is 3.12. The summed E-state index contributed by atoms with van der Waals surface area (Å²) in [6.07, 6.45) is 9.63. The van der Waals surface area contributed by atoms with Gasteiger partial charge in [-0.15, -0.1) is 0 Å². The number of pyridine rings is 1. The van der Waals surface area contributed by atoms with Crippen molar-refractivity contribution in [3.8, 4) is 0 Å². The molecule has 1 aliphatic heterocycles. The normalized spacial score (nSPS) is 21.6. The number of ether oxygens (including phenoxy) is 1. The van der Waals surface area contributed by atoms with E-state index in [1.54, 1.807) is 12.4 Å². The van der Waals surface area contributed by atoms with E-state index < -0.39 is 0 Å².